The molecule has 4 nitrogen and oxygen atoms in total. The molecular weight excluding hydrogens is 352 g/mol. The van der Waals surface area contributed by atoms with Crippen molar-refractivity contribution in [3.63, 3.8) is 0 Å². The second-order valence-electron chi connectivity index (χ2n) is 4.74. The Balaban J connectivity index is 2.67. The SMILES string of the molecule is COC(=O)c1nc(-c2cc(C(F)F)cc(C(F)F)c2)cc(N)c1Cl. The summed E-state index contributed by atoms with van der Waals surface area (Å²) >= 11 is 5.86. The van der Waals surface area contributed by atoms with Crippen LogP contribution < -0.4 is 5.73 Å². The van der Waals surface area contributed by atoms with E-state index >= 15 is 0 Å². The number of nitrogens with zero attached hydrogens (tertiary/aromatic N) is 1. The molecule has 2 N–H and O–H groups in total. The number of pyridine rings is 1. The highest BCUT2D eigenvalue weighted by Crippen LogP contribution is 2.33. The Hall–Kier alpha value is -2.35. The van der Waals surface area contributed by atoms with E-state index in [2.05, 4.69) is 9.72 Å². The molecule has 0 amide bonds. The van der Waals surface area contributed by atoms with Crippen molar-refractivity contribution in [1.82, 2.24) is 4.98 Å². The zero-order chi connectivity index (χ0) is 18.0. The van der Waals surface area contributed by atoms with Gasteiger partial charge in [0.1, 0.15) is 0 Å². The van der Waals surface area contributed by atoms with Gasteiger partial charge in [-0.25, -0.2) is 27.3 Å². The number of aromatic nitrogens is 1. The fourth-order valence-electron chi connectivity index (χ4n) is 2.01. The number of ether oxygens (including phenoxy) is 1. The maximum absolute atomic E-state index is 12.9. The van der Waals surface area contributed by atoms with Gasteiger partial charge in [0.25, 0.3) is 12.9 Å². The van der Waals surface area contributed by atoms with Crippen LogP contribution in [0.25, 0.3) is 11.3 Å². The Morgan fingerprint density at radius 1 is 1.12 bits per heavy atom. The number of rotatable bonds is 4. The lowest BCUT2D eigenvalue weighted by Gasteiger charge is -2.11. The van der Waals surface area contributed by atoms with Gasteiger partial charge in [0.15, 0.2) is 5.69 Å². The second-order valence-corrected chi connectivity index (χ2v) is 5.12. The average Bonchev–Trinajstić information content (AvgIpc) is 2.55. The third kappa shape index (κ3) is 3.59. The van der Waals surface area contributed by atoms with Crippen molar-refractivity contribution in [1.29, 1.82) is 0 Å². The van der Waals surface area contributed by atoms with Crippen molar-refractivity contribution >= 4 is 23.3 Å². The molecule has 2 aromatic rings. The molecule has 128 valence electrons. The van der Waals surface area contributed by atoms with E-state index in [1.165, 1.54) is 6.07 Å². The lowest BCUT2D eigenvalue weighted by atomic mass is 10.0. The minimum Gasteiger partial charge on any atom is -0.464 e. The van der Waals surface area contributed by atoms with E-state index in [1.54, 1.807) is 0 Å². The van der Waals surface area contributed by atoms with Crippen LogP contribution in [0.2, 0.25) is 5.02 Å². The van der Waals surface area contributed by atoms with Crippen molar-refractivity contribution < 1.29 is 27.1 Å². The first-order valence-electron chi connectivity index (χ1n) is 6.50. The molecule has 0 saturated heterocycles. The lowest BCUT2D eigenvalue weighted by Crippen LogP contribution is -2.08. The molecule has 9 heteroatoms. The molecule has 1 heterocycles. The van der Waals surface area contributed by atoms with Crippen LogP contribution in [0.3, 0.4) is 0 Å². The number of nitrogen functional groups attached to an aromatic ring is 1. The van der Waals surface area contributed by atoms with Crippen LogP contribution in [0, 0.1) is 0 Å². The summed E-state index contributed by atoms with van der Waals surface area (Å²) in [4.78, 5) is 15.6. The smallest absolute Gasteiger partial charge is 0.358 e. The third-order valence-electron chi connectivity index (χ3n) is 3.14. The number of benzene rings is 1. The number of hydrogen-bond acceptors (Lipinski definition) is 4. The molecule has 0 saturated carbocycles. The van der Waals surface area contributed by atoms with Gasteiger partial charge in [-0.1, -0.05) is 11.6 Å². The minimum atomic E-state index is -2.95. The molecule has 0 fully saturated rings. The van der Waals surface area contributed by atoms with Crippen LogP contribution in [0.5, 0.6) is 0 Å². The fourth-order valence-corrected chi connectivity index (χ4v) is 2.18. The Morgan fingerprint density at radius 2 is 1.67 bits per heavy atom. The molecule has 24 heavy (non-hydrogen) atoms. The number of methoxy groups -OCH3 is 1. The van der Waals surface area contributed by atoms with E-state index < -0.39 is 29.9 Å². The molecule has 0 aliphatic rings. The summed E-state index contributed by atoms with van der Waals surface area (Å²) in [6.07, 6.45) is -5.90. The van der Waals surface area contributed by atoms with Gasteiger partial charge in [0.05, 0.1) is 23.5 Å². The summed E-state index contributed by atoms with van der Waals surface area (Å²) in [5, 5.41) is -0.176. The van der Waals surface area contributed by atoms with Crippen LogP contribution in [0.4, 0.5) is 23.2 Å². The maximum Gasteiger partial charge on any atom is 0.358 e. The van der Waals surface area contributed by atoms with Gasteiger partial charge in [-0.2, -0.15) is 0 Å². The van der Waals surface area contributed by atoms with Crippen molar-refractivity contribution in [2.45, 2.75) is 12.9 Å². The number of hydrogen-bond donors (Lipinski definition) is 1. The largest absolute Gasteiger partial charge is 0.464 e. The summed E-state index contributed by atoms with van der Waals surface area (Å²) in [5.74, 6) is -0.896. The topological polar surface area (TPSA) is 65.2 Å². The number of halogens is 5. The zero-order valence-corrected chi connectivity index (χ0v) is 13.0. The Bertz CT molecular complexity index is 758. The van der Waals surface area contributed by atoms with Gasteiger partial charge < -0.3 is 10.5 Å². The van der Waals surface area contributed by atoms with Gasteiger partial charge >= 0.3 is 5.97 Å². The summed E-state index contributed by atoms with van der Waals surface area (Å²) in [6.45, 7) is 0. The molecular formula is C15H11ClF4N2O2. The summed E-state index contributed by atoms with van der Waals surface area (Å²) in [5.41, 5.74) is 3.97. The van der Waals surface area contributed by atoms with Gasteiger partial charge in [-0.15, -0.1) is 0 Å². The van der Waals surface area contributed by atoms with E-state index in [0.29, 0.717) is 6.07 Å². The summed E-state index contributed by atoms with van der Waals surface area (Å²) < 4.78 is 56.2. The van der Waals surface area contributed by atoms with Gasteiger partial charge in [0, 0.05) is 16.7 Å². The summed E-state index contributed by atoms with van der Waals surface area (Å²) in [7, 11) is 1.09. The number of carbonyl (C=O) groups excluding carboxylic acids is 1. The molecule has 0 spiro atoms. The number of anilines is 1. The van der Waals surface area contributed by atoms with Gasteiger partial charge in [0.2, 0.25) is 0 Å². The predicted molar refractivity (Wildman–Crippen MR) is 80.3 cm³/mol. The first kappa shape index (κ1) is 18.0. The van der Waals surface area contributed by atoms with Crippen LogP contribution in [0.15, 0.2) is 24.3 Å². The Kier molecular flexibility index (Phi) is 5.28. The van der Waals surface area contributed by atoms with Crippen molar-refractivity contribution in [2.75, 3.05) is 12.8 Å². The Labute approximate surface area is 139 Å². The highest BCUT2D eigenvalue weighted by atomic mass is 35.5. The Morgan fingerprint density at radius 3 is 2.12 bits per heavy atom. The number of esters is 1. The monoisotopic (exact) mass is 362 g/mol. The molecule has 1 aromatic heterocycles. The number of alkyl halides is 4. The average molecular weight is 363 g/mol. The standard InChI is InChI=1S/C15H11ClF4N2O2/c1-24-15(23)12-11(16)9(21)5-10(22-12)6-2-7(13(17)18)4-8(3-6)14(19)20/h2-5,13-14H,1H3,(H2,21,22). The van der Waals surface area contributed by atoms with Crippen molar-refractivity contribution in [3.8, 4) is 11.3 Å². The van der Waals surface area contributed by atoms with E-state index in [4.69, 9.17) is 17.3 Å². The second kappa shape index (κ2) is 7.04. The van der Waals surface area contributed by atoms with Crippen LogP contribution in [-0.4, -0.2) is 18.1 Å². The zero-order valence-electron chi connectivity index (χ0n) is 12.2. The van der Waals surface area contributed by atoms with E-state index in [-0.39, 0.29) is 27.7 Å². The molecule has 0 atom stereocenters. The van der Waals surface area contributed by atoms with E-state index in [1.807, 2.05) is 0 Å². The minimum absolute atomic E-state index is 0.0448. The quantitative estimate of drug-likeness (QED) is 0.635. The fraction of sp³-hybridized carbons (Fsp3) is 0.200. The van der Waals surface area contributed by atoms with Gasteiger partial charge in [-0.05, 0) is 24.3 Å². The van der Waals surface area contributed by atoms with Crippen molar-refractivity contribution in [3.05, 3.63) is 46.1 Å². The lowest BCUT2D eigenvalue weighted by molar-refractivity contribution is 0.0594. The first-order valence-corrected chi connectivity index (χ1v) is 6.88. The molecule has 0 aliphatic heterocycles. The van der Waals surface area contributed by atoms with E-state index in [0.717, 1.165) is 19.2 Å². The van der Waals surface area contributed by atoms with E-state index in [9.17, 15) is 22.4 Å². The van der Waals surface area contributed by atoms with Gasteiger partial charge in [-0.3, -0.25) is 0 Å². The van der Waals surface area contributed by atoms with Crippen LogP contribution >= 0.6 is 11.6 Å². The third-order valence-corrected chi connectivity index (χ3v) is 3.54. The first-order chi connectivity index (χ1) is 11.2. The number of carbonyl (C=O) groups is 1. The van der Waals surface area contributed by atoms with Crippen molar-refractivity contribution in [2.24, 2.45) is 0 Å². The number of nitrogens with two attached hydrogens (primary N) is 1. The predicted octanol–water partition coefficient (Wildman–Crippen LogP) is 4.65. The normalized spacial score (nSPS) is 11.2. The van der Waals surface area contributed by atoms with Crippen LogP contribution in [-0.2, 0) is 4.74 Å². The molecule has 2 rings (SSSR count). The molecule has 0 aliphatic carbocycles. The molecule has 1 aromatic carbocycles. The summed E-state index contributed by atoms with van der Waals surface area (Å²) in [6, 6.07) is 3.90. The highest BCUT2D eigenvalue weighted by molar-refractivity contribution is 6.35. The highest BCUT2D eigenvalue weighted by Gasteiger charge is 2.20. The van der Waals surface area contributed by atoms with Crippen LogP contribution in [0.1, 0.15) is 34.5 Å². The molecule has 0 bridgehead atoms. The molecule has 0 unspecified atom stereocenters. The molecule has 0 radical (unpaired) electrons. The maximum atomic E-state index is 12.9.